The van der Waals surface area contributed by atoms with Gasteiger partial charge in [0.1, 0.15) is 9.68 Å². The summed E-state index contributed by atoms with van der Waals surface area (Å²) in [6, 6.07) is 0.867. The maximum atomic E-state index is 5.67. The highest BCUT2D eigenvalue weighted by atomic mass is 28.2. The Hall–Kier alpha value is -1.49. The standard InChI is InChI=1S/C12H26N6O3Si/c1-4-19-12(20-5-2,21-6-3)7-8-22-18-11-16-9(13)15-10(14)17-11/h4-8,22H2,1-3H3,(H5,13,14,15,16,17,18). The summed E-state index contributed by atoms with van der Waals surface area (Å²) < 4.78 is 17.0. The predicted molar refractivity (Wildman–Crippen MR) is 87.9 cm³/mol. The zero-order chi connectivity index (χ0) is 16.4. The number of nitrogens with two attached hydrogens (primary N) is 2. The lowest BCUT2D eigenvalue weighted by Gasteiger charge is -2.32. The molecule has 1 aromatic heterocycles. The summed E-state index contributed by atoms with van der Waals surface area (Å²) in [6.45, 7) is 7.32. The van der Waals surface area contributed by atoms with E-state index < -0.39 is 15.7 Å². The van der Waals surface area contributed by atoms with E-state index in [1.165, 1.54) is 0 Å². The van der Waals surface area contributed by atoms with E-state index >= 15 is 0 Å². The van der Waals surface area contributed by atoms with Crippen LogP contribution in [0.5, 0.6) is 0 Å². The van der Waals surface area contributed by atoms with Crippen molar-refractivity contribution in [3.63, 3.8) is 0 Å². The van der Waals surface area contributed by atoms with Gasteiger partial charge in [-0.2, -0.15) is 15.0 Å². The molecule has 1 rings (SSSR count). The van der Waals surface area contributed by atoms with Crippen molar-refractivity contribution in [3.8, 4) is 0 Å². The Morgan fingerprint density at radius 2 is 1.45 bits per heavy atom. The molecule has 0 bridgehead atoms. The van der Waals surface area contributed by atoms with Gasteiger partial charge in [0.2, 0.25) is 17.8 Å². The van der Waals surface area contributed by atoms with Crippen molar-refractivity contribution in [2.24, 2.45) is 0 Å². The number of ether oxygens (including phenoxy) is 3. The van der Waals surface area contributed by atoms with Crippen LogP contribution in [0.4, 0.5) is 17.8 Å². The van der Waals surface area contributed by atoms with Crippen LogP contribution in [0.1, 0.15) is 27.2 Å². The largest absolute Gasteiger partial charge is 0.386 e. The Balaban J connectivity index is 2.50. The van der Waals surface area contributed by atoms with E-state index in [1.54, 1.807) is 0 Å². The van der Waals surface area contributed by atoms with Crippen LogP contribution in [-0.2, 0) is 14.2 Å². The third-order valence-corrected chi connectivity index (χ3v) is 3.98. The minimum Gasteiger partial charge on any atom is -0.386 e. The van der Waals surface area contributed by atoms with Crippen molar-refractivity contribution >= 4 is 27.5 Å². The second-order valence-electron chi connectivity index (χ2n) is 4.39. The van der Waals surface area contributed by atoms with Crippen molar-refractivity contribution in [2.75, 3.05) is 36.3 Å². The quantitative estimate of drug-likeness (QED) is 0.294. The van der Waals surface area contributed by atoms with E-state index in [2.05, 4.69) is 19.9 Å². The Bertz CT molecular complexity index is 414. The summed E-state index contributed by atoms with van der Waals surface area (Å²) in [5, 5.41) is 0. The average Bonchev–Trinajstić information content (AvgIpc) is 2.43. The van der Waals surface area contributed by atoms with Crippen LogP contribution < -0.4 is 16.4 Å². The molecule has 0 aromatic carbocycles. The second-order valence-corrected chi connectivity index (χ2v) is 5.95. The van der Waals surface area contributed by atoms with Crippen molar-refractivity contribution in [3.05, 3.63) is 0 Å². The number of nitrogens with one attached hydrogen (secondary N) is 1. The van der Waals surface area contributed by atoms with Crippen molar-refractivity contribution in [1.82, 2.24) is 15.0 Å². The summed E-state index contributed by atoms with van der Waals surface area (Å²) in [4.78, 5) is 14.9. The number of hydrogen-bond donors (Lipinski definition) is 3. The monoisotopic (exact) mass is 330 g/mol. The highest BCUT2D eigenvalue weighted by Gasteiger charge is 2.31. The smallest absolute Gasteiger partial charge is 0.282 e. The Kier molecular flexibility index (Phi) is 8.02. The lowest BCUT2D eigenvalue weighted by molar-refractivity contribution is -0.377. The number of nitrogen functional groups attached to an aromatic ring is 2. The summed E-state index contributed by atoms with van der Waals surface area (Å²) in [7, 11) is -0.704. The maximum Gasteiger partial charge on any atom is 0.282 e. The predicted octanol–water partition coefficient (Wildman–Crippen LogP) is 0.103. The van der Waals surface area contributed by atoms with E-state index in [9.17, 15) is 0 Å². The lowest BCUT2D eigenvalue weighted by Crippen LogP contribution is -2.40. The van der Waals surface area contributed by atoms with Crippen LogP contribution >= 0.6 is 0 Å². The summed E-state index contributed by atoms with van der Waals surface area (Å²) in [5.41, 5.74) is 11.0. The minimum absolute atomic E-state index is 0.108. The van der Waals surface area contributed by atoms with Gasteiger partial charge in [0, 0.05) is 26.2 Å². The number of hydrogen-bond acceptors (Lipinski definition) is 9. The highest BCUT2D eigenvalue weighted by molar-refractivity contribution is 6.39. The molecule has 22 heavy (non-hydrogen) atoms. The van der Waals surface area contributed by atoms with Gasteiger partial charge < -0.3 is 30.7 Å². The molecular weight excluding hydrogens is 304 g/mol. The number of anilines is 3. The van der Waals surface area contributed by atoms with Gasteiger partial charge in [-0.3, -0.25) is 0 Å². The maximum absolute atomic E-state index is 5.67. The van der Waals surface area contributed by atoms with Gasteiger partial charge in [0.25, 0.3) is 5.97 Å². The molecular formula is C12H26N6O3Si. The van der Waals surface area contributed by atoms with Gasteiger partial charge in [0.05, 0.1) is 0 Å². The first kappa shape index (κ1) is 18.6. The Morgan fingerprint density at radius 1 is 0.955 bits per heavy atom. The van der Waals surface area contributed by atoms with Crippen LogP contribution in [0.25, 0.3) is 0 Å². The molecule has 1 heterocycles. The third kappa shape index (κ3) is 6.09. The van der Waals surface area contributed by atoms with Gasteiger partial charge in [-0.25, -0.2) is 0 Å². The van der Waals surface area contributed by atoms with E-state index in [-0.39, 0.29) is 11.9 Å². The molecule has 10 heteroatoms. The normalized spacial score (nSPS) is 12.1. The molecule has 0 aliphatic rings. The van der Waals surface area contributed by atoms with Gasteiger partial charge >= 0.3 is 0 Å². The van der Waals surface area contributed by atoms with Crippen LogP contribution in [-0.4, -0.2) is 50.4 Å². The van der Waals surface area contributed by atoms with E-state index in [0.717, 1.165) is 6.04 Å². The van der Waals surface area contributed by atoms with E-state index in [0.29, 0.717) is 32.2 Å². The molecule has 126 valence electrons. The third-order valence-electron chi connectivity index (χ3n) is 2.71. The Labute approximate surface area is 133 Å². The van der Waals surface area contributed by atoms with Crippen LogP contribution in [0.15, 0.2) is 0 Å². The fraction of sp³-hybridized carbons (Fsp3) is 0.750. The first-order valence-electron chi connectivity index (χ1n) is 7.48. The molecule has 0 amide bonds. The Morgan fingerprint density at radius 3 is 1.91 bits per heavy atom. The first-order chi connectivity index (χ1) is 10.5. The molecule has 0 atom stereocenters. The van der Waals surface area contributed by atoms with Crippen molar-refractivity contribution in [2.45, 2.75) is 39.2 Å². The number of aromatic nitrogens is 3. The fourth-order valence-electron chi connectivity index (χ4n) is 1.99. The highest BCUT2D eigenvalue weighted by Crippen LogP contribution is 2.22. The lowest BCUT2D eigenvalue weighted by atomic mass is 10.4. The average molecular weight is 330 g/mol. The van der Waals surface area contributed by atoms with Crippen LogP contribution in [0, 0.1) is 0 Å². The van der Waals surface area contributed by atoms with Crippen molar-refractivity contribution < 1.29 is 14.2 Å². The van der Waals surface area contributed by atoms with Crippen LogP contribution in [0.2, 0.25) is 6.04 Å². The molecule has 0 radical (unpaired) electrons. The first-order valence-corrected chi connectivity index (χ1v) is 9.18. The molecule has 0 aliphatic carbocycles. The zero-order valence-corrected chi connectivity index (χ0v) is 14.9. The van der Waals surface area contributed by atoms with Gasteiger partial charge in [-0.05, 0) is 26.8 Å². The van der Waals surface area contributed by atoms with Gasteiger partial charge in [-0.1, -0.05) is 0 Å². The topological polar surface area (TPSA) is 130 Å². The van der Waals surface area contributed by atoms with E-state index in [1.807, 2.05) is 20.8 Å². The summed E-state index contributed by atoms with van der Waals surface area (Å²) in [5.74, 6) is -0.344. The molecule has 0 fully saturated rings. The molecule has 0 spiro atoms. The van der Waals surface area contributed by atoms with Crippen LogP contribution in [0.3, 0.4) is 0 Å². The molecule has 0 aliphatic heterocycles. The molecule has 0 saturated carbocycles. The molecule has 1 aromatic rings. The SMILES string of the molecule is CCOC(CC[SiH2]Nc1nc(N)nc(N)n1)(OCC)OCC. The molecule has 9 nitrogen and oxygen atoms in total. The van der Waals surface area contributed by atoms with Gasteiger partial charge in [-0.15, -0.1) is 0 Å². The van der Waals surface area contributed by atoms with E-state index in [4.69, 9.17) is 25.7 Å². The van der Waals surface area contributed by atoms with Gasteiger partial charge in [0.15, 0.2) is 0 Å². The number of nitrogens with zero attached hydrogens (tertiary/aromatic N) is 3. The minimum atomic E-state index is -0.968. The summed E-state index contributed by atoms with van der Waals surface area (Å²) >= 11 is 0. The molecule has 0 saturated heterocycles. The number of rotatable bonds is 11. The molecule has 5 N–H and O–H groups in total. The fourth-order valence-corrected chi connectivity index (χ4v) is 3.16. The second kappa shape index (κ2) is 9.51. The zero-order valence-electron chi connectivity index (χ0n) is 13.5. The molecule has 0 unspecified atom stereocenters. The summed E-state index contributed by atoms with van der Waals surface area (Å²) in [6.07, 6.45) is 0.637. The van der Waals surface area contributed by atoms with Crippen molar-refractivity contribution in [1.29, 1.82) is 0 Å².